The lowest BCUT2D eigenvalue weighted by atomic mass is 9.38. The van der Waals surface area contributed by atoms with Crippen molar-refractivity contribution in [2.24, 2.45) is 29.1 Å². The molecular weight excluding hydrogens is 218 g/mol. The largest absolute Gasteiger partial charge is 0.310 e. The van der Waals surface area contributed by atoms with Gasteiger partial charge in [-0.1, -0.05) is 19.1 Å². The van der Waals surface area contributed by atoms with Gasteiger partial charge in [0, 0.05) is 5.54 Å². The summed E-state index contributed by atoms with van der Waals surface area (Å²) < 4.78 is 0. The van der Waals surface area contributed by atoms with Crippen LogP contribution in [0, 0.1) is 29.1 Å². The van der Waals surface area contributed by atoms with Crippen molar-refractivity contribution in [1.82, 2.24) is 5.32 Å². The fourth-order valence-electron chi connectivity index (χ4n) is 6.85. The van der Waals surface area contributed by atoms with Gasteiger partial charge in [-0.05, 0) is 81.1 Å². The van der Waals surface area contributed by atoms with Crippen LogP contribution in [0.25, 0.3) is 0 Å². The van der Waals surface area contributed by atoms with E-state index in [4.69, 9.17) is 0 Å². The van der Waals surface area contributed by atoms with E-state index in [1.807, 2.05) is 0 Å². The minimum atomic E-state index is 0.476. The predicted octanol–water partition coefficient (Wildman–Crippen LogP) is 3.76. The summed E-state index contributed by atoms with van der Waals surface area (Å²) in [4.78, 5) is 0. The summed E-state index contributed by atoms with van der Waals surface area (Å²) in [6.45, 7) is 10.5. The Morgan fingerprint density at radius 3 is 2.78 bits per heavy atom. The van der Waals surface area contributed by atoms with Crippen molar-refractivity contribution in [3.63, 3.8) is 0 Å². The first-order valence-corrected chi connectivity index (χ1v) is 7.96. The fraction of sp³-hybridized carbons (Fsp3) is 0.882. The van der Waals surface area contributed by atoms with Crippen LogP contribution in [0.1, 0.15) is 52.4 Å². The molecule has 1 aliphatic heterocycles. The zero-order valence-electron chi connectivity index (χ0n) is 12.0. The molecule has 0 aromatic carbocycles. The van der Waals surface area contributed by atoms with Gasteiger partial charge in [-0.25, -0.2) is 0 Å². The maximum atomic E-state index is 4.35. The monoisotopic (exact) mass is 245 g/mol. The minimum absolute atomic E-state index is 0.476. The highest BCUT2D eigenvalue weighted by Crippen LogP contribution is 2.69. The van der Waals surface area contributed by atoms with Crippen molar-refractivity contribution in [3.05, 3.63) is 12.2 Å². The molecule has 5 aliphatic rings. The Balaban J connectivity index is 1.82. The van der Waals surface area contributed by atoms with Gasteiger partial charge < -0.3 is 5.32 Å². The molecule has 0 amide bonds. The van der Waals surface area contributed by atoms with Crippen molar-refractivity contribution >= 4 is 0 Å². The van der Waals surface area contributed by atoms with Crippen LogP contribution in [-0.4, -0.2) is 12.1 Å². The van der Waals surface area contributed by atoms with Crippen LogP contribution in [0.15, 0.2) is 12.2 Å². The van der Waals surface area contributed by atoms with Crippen molar-refractivity contribution in [2.45, 2.75) is 57.9 Å². The molecule has 1 saturated heterocycles. The first kappa shape index (κ1) is 11.5. The normalized spacial score (nSPS) is 57.4. The molecule has 4 saturated carbocycles. The number of nitrogens with one attached hydrogen (secondary N) is 1. The van der Waals surface area contributed by atoms with Gasteiger partial charge in [0.1, 0.15) is 0 Å². The van der Waals surface area contributed by atoms with E-state index in [0.29, 0.717) is 11.0 Å². The topological polar surface area (TPSA) is 12.0 Å². The Hall–Kier alpha value is -0.300. The van der Waals surface area contributed by atoms with Crippen molar-refractivity contribution < 1.29 is 0 Å². The number of allylic oxidation sites excluding steroid dienone is 1. The Morgan fingerprint density at radius 1 is 1.28 bits per heavy atom. The van der Waals surface area contributed by atoms with E-state index in [1.165, 1.54) is 50.6 Å². The smallest absolute Gasteiger partial charge is 0.0269 e. The molecule has 4 aliphatic carbocycles. The van der Waals surface area contributed by atoms with E-state index in [-0.39, 0.29) is 0 Å². The highest BCUT2D eigenvalue weighted by atomic mass is 15.1. The van der Waals surface area contributed by atoms with Gasteiger partial charge in [0.25, 0.3) is 0 Å². The zero-order valence-corrected chi connectivity index (χ0v) is 12.0. The van der Waals surface area contributed by atoms with Gasteiger partial charge in [-0.3, -0.25) is 0 Å². The molecule has 6 unspecified atom stereocenters. The molecule has 0 aromatic heterocycles. The molecule has 1 heteroatoms. The molecule has 1 spiro atoms. The lowest BCUT2D eigenvalue weighted by Gasteiger charge is -2.69. The zero-order chi connectivity index (χ0) is 12.5. The molecule has 6 atom stereocenters. The lowest BCUT2D eigenvalue weighted by Crippen LogP contribution is -2.70. The third-order valence-corrected chi connectivity index (χ3v) is 7.08. The van der Waals surface area contributed by atoms with Gasteiger partial charge in [-0.15, -0.1) is 0 Å². The van der Waals surface area contributed by atoms with Gasteiger partial charge in [-0.2, -0.15) is 0 Å². The highest BCUT2D eigenvalue weighted by Gasteiger charge is 2.66. The maximum Gasteiger partial charge on any atom is 0.0269 e. The summed E-state index contributed by atoms with van der Waals surface area (Å²) in [7, 11) is 0. The summed E-state index contributed by atoms with van der Waals surface area (Å²) in [6, 6.07) is 0. The summed E-state index contributed by atoms with van der Waals surface area (Å²) in [6.07, 6.45) is 8.76. The molecule has 5 fully saturated rings. The second-order valence-electron chi connectivity index (χ2n) is 8.05. The number of hydrogen-bond acceptors (Lipinski definition) is 1. The van der Waals surface area contributed by atoms with Crippen LogP contribution in [-0.2, 0) is 0 Å². The van der Waals surface area contributed by atoms with Gasteiger partial charge in [0.05, 0.1) is 0 Å². The third-order valence-electron chi connectivity index (χ3n) is 7.08. The Kier molecular flexibility index (Phi) is 2.19. The van der Waals surface area contributed by atoms with Crippen LogP contribution in [0.2, 0.25) is 0 Å². The fourth-order valence-corrected chi connectivity index (χ4v) is 6.85. The van der Waals surface area contributed by atoms with E-state index < -0.39 is 0 Å². The van der Waals surface area contributed by atoms with E-state index in [1.54, 1.807) is 0 Å². The molecule has 18 heavy (non-hydrogen) atoms. The molecule has 4 bridgehead atoms. The average molecular weight is 245 g/mol. The highest BCUT2D eigenvalue weighted by molar-refractivity contribution is 5.24. The summed E-state index contributed by atoms with van der Waals surface area (Å²) in [5, 5.41) is 4.00. The second kappa shape index (κ2) is 3.42. The molecule has 100 valence electrons. The maximum absolute atomic E-state index is 4.35. The minimum Gasteiger partial charge on any atom is -0.310 e. The van der Waals surface area contributed by atoms with Gasteiger partial charge in [0.15, 0.2) is 0 Å². The van der Waals surface area contributed by atoms with Crippen molar-refractivity contribution in [2.75, 3.05) is 6.54 Å². The van der Waals surface area contributed by atoms with Gasteiger partial charge in [0.2, 0.25) is 0 Å². The van der Waals surface area contributed by atoms with E-state index in [2.05, 4.69) is 25.7 Å². The van der Waals surface area contributed by atoms with Crippen LogP contribution >= 0.6 is 0 Å². The Labute approximate surface area is 111 Å². The summed E-state index contributed by atoms with van der Waals surface area (Å²) in [5.74, 6) is 3.70. The molecule has 0 radical (unpaired) electrons. The number of hydrogen-bond donors (Lipinski definition) is 1. The van der Waals surface area contributed by atoms with Crippen LogP contribution < -0.4 is 5.32 Å². The SMILES string of the molecule is C=C(C)C1C2CC3CC1C1(CCCN1)C(C)(C3)C2. The van der Waals surface area contributed by atoms with Crippen LogP contribution in [0.4, 0.5) is 0 Å². The molecule has 5 rings (SSSR count). The first-order chi connectivity index (χ1) is 8.56. The Bertz CT molecular complexity index is 392. The van der Waals surface area contributed by atoms with E-state index in [0.717, 1.165) is 23.7 Å². The summed E-state index contributed by atoms with van der Waals surface area (Å²) >= 11 is 0. The molecular formula is C17H27N. The van der Waals surface area contributed by atoms with E-state index >= 15 is 0 Å². The van der Waals surface area contributed by atoms with Crippen LogP contribution in [0.3, 0.4) is 0 Å². The molecule has 1 N–H and O–H groups in total. The Morgan fingerprint density at radius 2 is 2.11 bits per heavy atom. The van der Waals surface area contributed by atoms with Gasteiger partial charge >= 0.3 is 0 Å². The molecule has 1 heterocycles. The predicted molar refractivity (Wildman–Crippen MR) is 75.3 cm³/mol. The third kappa shape index (κ3) is 1.18. The van der Waals surface area contributed by atoms with E-state index in [9.17, 15) is 0 Å². The number of rotatable bonds is 1. The lowest BCUT2D eigenvalue weighted by molar-refractivity contribution is -0.151. The van der Waals surface area contributed by atoms with Crippen LogP contribution in [0.5, 0.6) is 0 Å². The molecule has 0 aromatic rings. The van der Waals surface area contributed by atoms with Crippen molar-refractivity contribution in [3.8, 4) is 0 Å². The average Bonchev–Trinajstić information content (AvgIpc) is 2.75. The second-order valence-corrected chi connectivity index (χ2v) is 8.05. The van der Waals surface area contributed by atoms with Crippen molar-refractivity contribution in [1.29, 1.82) is 0 Å². The molecule has 1 nitrogen and oxygen atoms in total. The quantitative estimate of drug-likeness (QED) is 0.694. The summed E-state index contributed by atoms with van der Waals surface area (Å²) in [5.41, 5.74) is 2.54. The first-order valence-electron chi connectivity index (χ1n) is 7.96. The standard InChI is InChI=1S/C17H27N/c1-11(2)15-13-7-12-8-14(15)17(5-4-6-18-17)16(3,9-12)10-13/h12-15,18H,1,4-10H2,2-3H3.